The molecule has 158 valence electrons. The summed E-state index contributed by atoms with van der Waals surface area (Å²) in [6.45, 7) is 7.44. The van der Waals surface area contributed by atoms with Crippen molar-refractivity contribution in [1.82, 2.24) is 9.03 Å². The van der Waals surface area contributed by atoms with E-state index in [0.717, 1.165) is 12.8 Å². The van der Waals surface area contributed by atoms with E-state index in [0.29, 0.717) is 38.5 Å². The van der Waals surface area contributed by atoms with Crippen molar-refractivity contribution in [2.24, 2.45) is 5.92 Å². The number of sulfonamides is 2. The van der Waals surface area contributed by atoms with Crippen LogP contribution in [0.1, 0.15) is 46.5 Å². The number of hydrogen-bond acceptors (Lipinski definition) is 5. The Balaban J connectivity index is 1.74. The van der Waals surface area contributed by atoms with Crippen LogP contribution in [-0.2, 0) is 24.8 Å². The highest BCUT2D eigenvalue weighted by Gasteiger charge is 2.32. The zero-order valence-corrected chi connectivity index (χ0v) is 18.4. The summed E-state index contributed by atoms with van der Waals surface area (Å²) in [4.78, 5) is 0.204. The Morgan fingerprint density at radius 1 is 1.07 bits per heavy atom. The lowest BCUT2D eigenvalue weighted by atomic mass is 9.95. The third kappa shape index (κ3) is 4.94. The van der Waals surface area contributed by atoms with E-state index < -0.39 is 20.0 Å². The van der Waals surface area contributed by atoms with Gasteiger partial charge in [0.1, 0.15) is 0 Å². The minimum Gasteiger partial charge on any atom is -0.375 e. The van der Waals surface area contributed by atoms with Crippen molar-refractivity contribution < 1.29 is 21.6 Å². The molecular formula is C19H30N2O5S2. The van der Waals surface area contributed by atoms with Gasteiger partial charge in [-0.2, -0.15) is 4.31 Å². The van der Waals surface area contributed by atoms with Crippen LogP contribution in [0, 0.1) is 5.92 Å². The van der Waals surface area contributed by atoms with E-state index in [-0.39, 0.29) is 21.4 Å². The Morgan fingerprint density at radius 3 is 2.32 bits per heavy atom. The average molecular weight is 431 g/mol. The molecule has 1 N–H and O–H groups in total. The van der Waals surface area contributed by atoms with Gasteiger partial charge in [-0.05, 0) is 69.7 Å². The van der Waals surface area contributed by atoms with Gasteiger partial charge in [0.25, 0.3) is 0 Å². The minimum absolute atomic E-state index is 0.0720. The second kappa shape index (κ2) is 8.02. The fourth-order valence-electron chi connectivity index (χ4n) is 3.92. The molecule has 0 bridgehead atoms. The molecule has 2 saturated heterocycles. The first-order valence-corrected chi connectivity index (χ1v) is 12.7. The molecule has 0 radical (unpaired) electrons. The maximum Gasteiger partial charge on any atom is 0.243 e. The molecule has 0 saturated carbocycles. The van der Waals surface area contributed by atoms with Crippen LogP contribution in [0.3, 0.4) is 0 Å². The second-order valence-electron chi connectivity index (χ2n) is 8.50. The molecule has 9 heteroatoms. The van der Waals surface area contributed by atoms with Crippen molar-refractivity contribution in [3.05, 3.63) is 24.3 Å². The maximum absolute atomic E-state index is 12.8. The summed E-state index contributed by atoms with van der Waals surface area (Å²) in [5, 5.41) is 0. The summed E-state index contributed by atoms with van der Waals surface area (Å²) in [6.07, 6.45) is 3.07. The smallest absolute Gasteiger partial charge is 0.243 e. The van der Waals surface area contributed by atoms with Gasteiger partial charge in [-0.15, -0.1) is 0 Å². The Kier molecular flexibility index (Phi) is 6.22. The molecule has 2 fully saturated rings. The van der Waals surface area contributed by atoms with Crippen molar-refractivity contribution in [1.29, 1.82) is 0 Å². The SMILES string of the molecule is C[C@@H]1CCCN(S(=O)(=O)c2ccc(S(=O)(=O)N[C@@H]3CCOC(C)(C)C3)cc2)C1. The molecule has 0 unspecified atom stereocenters. The molecule has 1 aromatic rings. The number of benzene rings is 1. The maximum atomic E-state index is 12.8. The summed E-state index contributed by atoms with van der Waals surface area (Å²) >= 11 is 0. The quantitative estimate of drug-likeness (QED) is 0.774. The van der Waals surface area contributed by atoms with Gasteiger partial charge in [0.2, 0.25) is 20.0 Å². The topological polar surface area (TPSA) is 92.8 Å². The number of nitrogens with zero attached hydrogens (tertiary/aromatic N) is 1. The van der Waals surface area contributed by atoms with Crippen molar-refractivity contribution in [2.45, 2.75) is 67.9 Å². The highest BCUT2D eigenvalue weighted by Crippen LogP contribution is 2.27. The van der Waals surface area contributed by atoms with Crippen molar-refractivity contribution in [3.8, 4) is 0 Å². The zero-order valence-electron chi connectivity index (χ0n) is 16.7. The van der Waals surface area contributed by atoms with Crippen LogP contribution in [0.4, 0.5) is 0 Å². The highest BCUT2D eigenvalue weighted by atomic mass is 32.2. The molecule has 3 rings (SSSR count). The van der Waals surface area contributed by atoms with Crippen LogP contribution in [0.2, 0.25) is 0 Å². The first-order chi connectivity index (χ1) is 13.0. The van der Waals surface area contributed by atoms with Crippen LogP contribution in [0.25, 0.3) is 0 Å². The summed E-state index contributed by atoms with van der Waals surface area (Å²) in [6, 6.07) is 5.31. The molecule has 0 spiro atoms. The molecule has 0 aliphatic carbocycles. The van der Waals surface area contributed by atoms with Crippen molar-refractivity contribution in [3.63, 3.8) is 0 Å². The van der Waals surface area contributed by atoms with Gasteiger partial charge in [-0.25, -0.2) is 21.6 Å². The van der Waals surface area contributed by atoms with Crippen LogP contribution in [-0.4, -0.2) is 52.5 Å². The molecule has 7 nitrogen and oxygen atoms in total. The summed E-state index contributed by atoms with van der Waals surface area (Å²) in [7, 11) is -7.32. The van der Waals surface area contributed by atoms with E-state index in [1.165, 1.54) is 28.6 Å². The number of nitrogens with one attached hydrogen (secondary N) is 1. The summed E-state index contributed by atoms with van der Waals surface area (Å²) < 4.78 is 60.9. The lowest BCUT2D eigenvalue weighted by Gasteiger charge is -2.35. The predicted molar refractivity (Wildman–Crippen MR) is 107 cm³/mol. The van der Waals surface area contributed by atoms with E-state index in [2.05, 4.69) is 4.72 Å². The third-order valence-electron chi connectivity index (χ3n) is 5.41. The van der Waals surface area contributed by atoms with Crippen molar-refractivity contribution >= 4 is 20.0 Å². The monoisotopic (exact) mass is 430 g/mol. The first-order valence-electron chi connectivity index (χ1n) is 9.76. The molecular weight excluding hydrogens is 400 g/mol. The van der Waals surface area contributed by atoms with Crippen LogP contribution < -0.4 is 4.72 Å². The Bertz CT molecular complexity index is 895. The lowest BCUT2D eigenvalue weighted by Crippen LogP contribution is -2.45. The Morgan fingerprint density at radius 2 is 1.71 bits per heavy atom. The Labute approximate surface area is 168 Å². The fraction of sp³-hybridized carbons (Fsp3) is 0.684. The number of rotatable bonds is 5. The van der Waals surface area contributed by atoms with E-state index in [1.807, 2.05) is 20.8 Å². The van der Waals surface area contributed by atoms with Crippen LogP contribution >= 0.6 is 0 Å². The first kappa shape index (κ1) is 21.7. The molecule has 0 amide bonds. The van der Waals surface area contributed by atoms with Gasteiger partial charge in [0, 0.05) is 25.7 Å². The largest absolute Gasteiger partial charge is 0.375 e. The standard InChI is InChI=1S/C19H30N2O5S2/c1-15-5-4-11-21(14-15)28(24,25)18-8-6-17(7-9-18)27(22,23)20-16-10-12-26-19(2,3)13-16/h6-9,15-16,20H,4-5,10-14H2,1-3H3/t15-,16-/m1/s1. The summed E-state index contributed by atoms with van der Waals surface area (Å²) in [5.41, 5.74) is -0.366. The molecule has 2 aliphatic heterocycles. The molecule has 28 heavy (non-hydrogen) atoms. The van der Waals surface area contributed by atoms with Gasteiger partial charge in [0.05, 0.1) is 15.4 Å². The molecule has 2 atom stereocenters. The molecule has 0 aromatic heterocycles. The Hall–Kier alpha value is -1.00. The van der Waals surface area contributed by atoms with Crippen molar-refractivity contribution in [2.75, 3.05) is 19.7 Å². The molecule has 2 aliphatic rings. The zero-order chi connectivity index (χ0) is 20.6. The predicted octanol–water partition coefficient (Wildman–Crippen LogP) is 2.34. The number of hydrogen-bond donors (Lipinski definition) is 1. The molecule has 2 heterocycles. The summed E-state index contributed by atoms with van der Waals surface area (Å²) in [5.74, 6) is 0.330. The van der Waals surface area contributed by atoms with Gasteiger partial charge in [-0.3, -0.25) is 0 Å². The van der Waals surface area contributed by atoms with Gasteiger partial charge in [-0.1, -0.05) is 6.92 Å². The third-order valence-corrected chi connectivity index (χ3v) is 8.83. The van der Waals surface area contributed by atoms with Gasteiger partial charge >= 0.3 is 0 Å². The lowest BCUT2D eigenvalue weighted by molar-refractivity contribution is -0.0599. The van der Waals surface area contributed by atoms with Crippen LogP contribution in [0.15, 0.2) is 34.1 Å². The highest BCUT2D eigenvalue weighted by molar-refractivity contribution is 7.89. The average Bonchev–Trinajstić information content (AvgIpc) is 2.60. The van der Waals surface area contributed by atoms with Crippen LogP contribution in [0.5, 0.6) is 0 Å². The van der Waals surface area contributed by atoms with E-state index in [4.69, 9.17) is 4.74 Å². The van der Waals surface area contributed by atoms with E-state index in [1.54, 1.807) is 0 Å². The van der Waals surface area contributed by atoms with E-state index in [9.17, 15) is 16.8 Å². The number of piperidine rings is 1. The van der Waals surface area contributed by atoms with Gasteiger partial charge in [0.15, 0.2) is 0 Å². The normalized spacial score (nSPS) is 26.8. The second-order valence-corrected chi connectivity index (χ2v) is 12.2. The number of ether oxygens (including phenoxy) is 1. The van der Waals surface area contributed by atoms with Gasteiger partial charge < -0.3 is 4.74 Å². The minimum atomic E-state index is -3.72. The van der Waals surface area contributed by atoms with E-state index >= 15 is 0 Å². The fourth-order valence-corrected chi connectivity index (χ4v) is 6.79. The molecule has 1 aromatic carbocycles.